The van der Waals surface area contributed by atoms with Gasteiger partial charge in [0, 0.05) is 25.8 Å². The Morgan fingerprint density at radius 2 is 1.85 bits per heavy atom. The number of ether oxygens (including phenoxy) is 1. The smallest absolute Gasteiger partial charge is 0.416 e. The topological polar surface area (TPSA) is 75.7 Å². The Hall–Kier alpha value is -2.59. The first-order valence-electron chi connectivity index (χ1n) is 11.2. The Balaban J connectivity index is 1.60. The molecule has 0 aliphatic carbocycles. The molecule has 2 atom stereocenters. The average molecular weight is 497 g/mol. The molecule has 0 radical (unpaired) electrons. The van der Waals surface area contributed by atoms with Gasteiger partial charge in [0.15, 0.2) is 0 Å². The molecule has 4 rings (SSSR count). The summed E-state index contributed by atoms with van der Waals surface area (Å²) in [5.74, 6) is 0.537. The SMILES string of the molecule is CS(=O)(=O)CCC(=O)N1CCc2ccc(Oc3ccc(C(F)(F)F)cc3)cc2C1C1CCNC1. The van der Waals surface area contributed by atoms with Crippen molar-refractivity contribution in [1.82, 2.24) is 10.2 Å². The zero-order valence-corrected chi connectivity index (χ0v) is 19.6. The number of nitrogens with one attached hydrogen (secondary N) is 1. The van der Waals surface area contributed by atoms with Crippen LogP contribution in [0.2, 0.25) is 0 Å². The van der Waals surface area contributed by atoms with Gasteiger partial charge in [-0.1, -0.05) is 6.07 Å². The van der Waals surface area contributed by atoms with Gasteiger partial charge in [-0.25, -0.2) is 8.42 Å². The molecule has 1 saturated heterocycles. The van der Waals surface area contributed by atoms with E-state index < -0.39 is 21.6 Å². The summed E-state index contributed by atoms with van der Waals surface area (Å²) in [5.41, 5.74) is 1.28. The number of carbonyl (C=O) groups is 1. The molecule has 0 bridgehead atoms. The number of rotatable bonds is 6. The Kier molecular flexibility index (Phi) is 6.91. The molecule has 2 aromatic carbocycles. The highest BCUT2D eigenvalue weighted by molar-refractivity contribution is 7.90. The highest BCUT2D eigenvalue weighted by Gasteiger charge is 2.38. The van der Waals surface area contributed by atoms with Gasteiger partial charge in [0.2, 0.25) is 5.91 Å². The Bertz CT molecular complexity index is 1140. The largest absolute Gasteiger partial charge is 0.457 e. The van der Waals surface area contributed by atoms with Crippen LogP contribution >= 0.6 is 0 Å². The van der Waals surface area contributed by atoms with Gasteiger partial charge in [0.05, 0.1) is 17.4 Å². The van der Waals surface area contributed by atoms with E-state index in [2.05, 4.69) is 5.32 Å². The highest BCUT2D eigenvalue weighted by Crippen LogP contribution is 2.40. The fraction of sp³-hybridized carbons (Fsp3) is 0.458. The van der Waals surface area contributed by atoms with Crippen molar-refractivity contribution < 1.29 is 31.1 Å². The number of benzene rings is 2. The fourth-order valence-corrected chi connectivity index (χ4v) is 5.23. The molecule has 34 heavy (non-hydrogen) atoms. The summed E-state index contributed by atoms with van der Waals surface area (Å²) >= 11 is 0. The minimum Gasteiger partial charge on any atom is -0.457 e. The molecule has 2 heterocycles. The van der Waals surface area contributed by atoms with Crippen molar-refractivity contribution >= 4 is 15.7 Å². The zero-order chi connectivity index (χ0) is 24.5. The number of hydrogen-bond acceptors (Lipinski definition) is 5. The van der Waals surface area contributed by atoms with E-state index in [1.165, 1.54) is 12.1 Å². The standard InChI is InChI=1S/C24H27F3N2O4S/c1-34(31,32)13-10-22(30)29-12-9-16-2-5-20(14-21(16)23(29)17-8-11-28-15-17)33-19-6-3-18(4-7-19)24(25,26)27/h2-7,14,17,23,28H,8-13,15H2,1H3. The molecule has 0 aromatic heterocycles. The van der Waals surface area contributed by atoms with E-state index in [-0.39, 0.29) is 35.8 Å². The molecule has 1 N–H and O–H groups in total. The van der Waals surface area contributed by atoms with Crippen molar-refractivity contribution in [2.75, 3.05) is 31.6 Å². The molecule has 0 spiro atoms. The molecule has 6 nitrogen and oxygen atoms in total. The van der Waals surface area contributed by atoms with Gasteiger partial charge in [-0.15, -0.1) is 0 Å². The molecule has 2 unspecified atom stereocenters. The molecule has 2 aromatic rings. The predicted molar refractivity (Wildman–Crippen MR) is 121 cm³/mol. The van der Waals surface area contributed by atoms with Crippen LogP contribution in [0, 0.1) is 5.92 Å². The van der Waals surface area contributed by atoms with Crippen LogP contribution in [0.3, 0.4) is 0 Å². The number of carbonyl (C=O) groups excluding carboxylic acids is 1. The van der Waals surface area contributed by atoms with Crippen LogP contribution in [0.1, 0.15) is 35.6 Å². The predicted octanol–water partition coefficient (Wildman–Crippen LogP) is 3.97. The Labute approximate surface area is 197 Å². The number of alkyl halides is 3. The van der Waals surface area contributed by atoms with Crippen LogP contribution in [0.4, 0.5) is 13.2 Å². The van der Waals surface area contributed by atoms with Gasteiger partial charge in [0.1, 0.15) is 21.3 Å². The van der Waals surface area contributed by atoms with Gasteiger partial charge in [0.25, 0.3) is 0 Å². The molecular weight excluding hydrogens is 469 g/mol. The molecule has 184 valence electrons. The summed E-state index contributed by atoms with van der Waals surface area (Å²) in [4.78, 5) is 14.8. The molecule has 1 amide bonds. The summed E-state index contributed by atoms with van der Waals surface area (Å²) in [6.07, 6.45) is -1.84. The normalized spacial score (nSPS) is 20.8. The van der Waals surface area contributed by atoms with Crippen molar-refractivity contribution in [2.24, 2.45) is 5.92 Å². The number of hydrogen-bond donors (Lipinski definition) is 1. The maximum absolute atomic E-state index is 13.0. The third-order valence-corrected chi connectivity index (χ3v) is 7.31. The minimum atomic E-state index is -4.42. The number of nitrogens with zero attached hydrogens (tertiary/aromatic N) is 1. The number of halogens is 3. The zero-order valence-electron chi connectivity index (χ0n) is 18.8. The van der Waals surface area contributed by atoms with Crippen molar-refractivity contribution in [1.29, 1.82) is 0 Å². The minimum absolute atomic E-state index is 0.0629. The van der Waals surface area contributed by atoms with Gasteiger partial charge in [-0.3, -0.25) is 4.79 Å². The molecule has 10 heteroatoms. The van der Waals surface area contributed by atoms with Crippen molar-refractivity contribution in [3.05, 3.63) is 59.2 Å². The summed E-state index contributed by atoms with van der Waals surface area (Å²) in [6.45, 7) is 2.09. The van der Waals surface area contributed by atoms with Gasteiger partial charge >= 0.3 is 6.18 Å². The number of fused-ring (bicyclic) bond motifs is 1. The first-order chi connectivity index (χ1) is 16.0. The number of amides is 1. The van der Waals surface area contributed by atoms with Gasteiger partial charge in [-0.2, -0.15) is 13.2 Å². The molecule has 0 saturated carbocycles. The lowest BCUT2D eigenvalue weighted by Gasteiger charge is -2.41. The van der Waals surface area contributed by atoms with E-state index in [0.29, 0.717) is 18.7 Å². The highest BCUT2D eigenvalue weighted by atomic mass is 32.2. The summed E-state index contributed by atoms with van der Waals surface area (Å²) in [5, 5.41) is 3.33. The van der Waals surface area contributed by atoms with E-state index >= 15 is 0 Å². The van der Waals surface area contributed by atoms with E-state index in [9.17, 15) is 26.4 Å². The van der Waals surface area contributed by atoms with E-state index in [1.807, 2.05) is 12.1 Å². The van der Waals surface area contributed by atoms with Crippen LogP contribution in [-0.2, 0) is 27.2 Å². The van der Waals surface area contributed by atoms with E-state index in [4.69, 9.17) is 4.74 Å². The second-order valence-electron chi connectivity index (χ2n) is 8.90. The molecular formula is C24H27F3N2O4S. The Morgan fingerprint density at radius 1 is 1.15 bits per heavy atom. The van der Waals surface area contributed by atoms with Crippen LogP contribution < -0.4 is 10.1 Å². The summed E-state index contributed by atoms with van der Waals surface area (Å²) < 4.78 is 67.5. The lowest BCUT2D eigenvalue weighted by molar-refractivity contribution is -0.137. The Morgan fingerprint density at radius 3 is 2.47 bits per heavy atom. The fourth-order valence-electron chi connectivity index (χ4n) is 4.69. The molecule has 2 aliphatic heterocycles. The van der Waals surface area contributed by atoms with Crippen LogP contribution in [0.15, 0.2) is 42.5 Å². The molecule has 2 aliphatic rings. The maximum atomic E-state index is 13.0. The number of sulfone groups is 1. The lowest BCUT2D eigenvalue weighted by Crippen LogP contribution is -2.44. The van der Waals surface area contributed by atoms with Crippen LogP contribution in [0.25, 0.3) is 0 Å². The molecule has 1 fully saturated rings. The van der Waals surface area contributed by atoms with E-state index in [1.54, 1.807) is 11.0 Å². The van der Waals surface area contributed by atoms with Gasteiger partial charge < -0.3 is 15.0 Å². The second-order valence-corrected chi connectivity index (χ2v) is 11.2. The van der Waals surface area contributed by atoms with Crippen LogP contribution in [0.5, 0.6) is 11.5 Å². The van der Waals surface area contributed by atoms with Crippen LogP contribution in [-0.4, -0.2) is 50.9 Å². The summed E-state index contributed by atoms with van der Waals surface area (Å²) in [7, 11) is -3.26. The maximum Gasteiger partial charge on any atom is 0.416 e. The second kappa shape index (κ2) is 9.58. The summed E-state index contributed by atoms with van der Waals surface area (Å²) in [6, 6.07) is 9.85. The van der Waals surface area contributed by atoms with Crippen molar-refractivity contribution in [3.8, 4) is 11.5 Å². The quantitative estimate of drug-likeness (QED) is 0.655. The van der Waals surface area contributed by atoms with Gasteiger partial charge in [-0.05, 0) is 72.8 Å². The third-order valence-electron chi connectivity index (χ3n) is 6.36. The van der Waals surface area contributed by atoms with E-state index in [0.717, 1.165) is 49.0 Å². The first kappa shape index (κ1) is 24.5. The van der Waals surface area contributed by atoms with Crippen molar-refractivity contribution in [3.63, 3.8) is 0 Å². The first-order valence-corrected chi connectivity index (χ1v) is 13.2. The monoisotopic (exact) mass is 496 g/mol. The third kappa shape index (κ3) is 5.72. The lowest BCUT2D eigenvalue weighted by atomic mass is 9.83. The van der Waals surface area contributed by atoms with Crippen molar-refractivity contribution in [2.45, 2.75) is 31.5 Å². The average Bonchev–Trinajstić information content (AvgIpc) is 3.30.